The lowest BCUT2D eigenvalue weighted by Gasteiger charge is -2.34. The maximum absolute atomic E-state index is 12.6. The number of piperazine rings is 1. The Bertz CT molecular complexity index is 976. The van der Waals surface area contributed by atoms with Crippen LogP contribution in [-0.4, -0.2) is 58.7 Å². The van der Waals surface area contributed by atoms with E-state index in [-0.39, 0.29) is 6.03 Å². The molecule has 1 aliphatic rings. The van der Waals surface area contributed by atoms with Gasteiger partial charge in [0.15, 0.2) is 0 Å². The van der Waals surface area contributed by atoms with Crippen LogP contribution in [0.4, 0.5) is 10.5 Å². The summed E-state index contributed by atoms with van der Waals surface area (Å²) < 4.78 is 7.45. The van der Waals surface area contributed by atoms with Crippen molar-refractivity contribution in [2.24, 2.45) is 7.05 Å². The molecule has 0 atom stereocenters. The summed E-state index contributed by atoms with van der Waals surface area (Å²) >= 11 is 0. The molecule has 1 saturated heterocycles. The Morgan fingerprint density at radius 2 is 1.79 bits per heavy atom. The van der Waals surface area contributed by atoms with E-state index >= 15 is 0 Å². The number of carbonyl (C=O) groups is 1. The van der Waals surface area contributed by atoms with Crippen LogP contribution in [0.3, 0.4) is 0 Å². The van der Waals surface area contributed by atoms with Crippen molar-refractivity contribution in [3.05, 3.63) is 54.4 Å². The molecule has 28 heavy (non-hydrogen) atoms. The molecule has 1 aromatic heterocycles. The molecule has 0 spiro atoms. The molecule has 7 heteroatoms. The van der Waals surface area contributed by atoms with Gasteiger partial charge < -0.3 is 19.5 Å². The summed E-state index contributed by atoms with van der Waals surface area (Å²) in [6, 6.07) is 15.5. The highest BCUT2D eigenvalue weighted by molar-refractivity contribution is 5.91. The van der Waals surface area contributed by atoms with E-state index in [1.165, 1.54) is 0 Å². The number of carbonyl (C=O) groups excluding carboxylic acids is 1. The monoisotopic (exact) mass is 379 g/mol. The Hall–Kier alpha value is -3.06. The number of aromatic nitrogens is 2. The molecule has 0 unspecified atom stereocenters. The standard InChI is InChI=1S/C21H25N5O2/c1-24-18-9-5-3-7-16(18)22-20(24)15-25-11-13-26(14-12-25)21(27)23-17-8-4-6-10-19(17)28-2/h3-10H,11-15H2,1-2H3,(H,23,27). The predicted octanol–water partition coefficient (Wildman–Crippen LogP) is 2.93. The maximum Gasteiger partial charge on any atom is 0.322 e. The lowest BCUT2D eigenvalue weighted by molar-refractivity contribution is 0.140. The summed E-state index contributed by atoms with van der Waals surface area (Å²) in [5.74, 6) is 1.71. The molecule has 7 nitrogen and oxygen atoms in total. The Labute approximate surface area is 164 Å². The summed E-state index contributed by atoms with van der Waals surface area (Å²) in [5.41, 5.74) is 2.86. The van der Waals surface area contributed by atoms with E-state index in [1.54, 1.807) is 7.11 Å². The Balaban J connectivity index is 1.35. The normalized spacial score (nSPS) is 15.0. The number of para-hydroxylation sites is 4. The van der Waals surface area contributed by atoms with E-state index in [0.29, 0.717) is 24.5 Å². The van der Waals surface area contributed by atoms with Crippen LogP contribution in [0.1, 0.15) is 5.82 Å². The second kappa shape index (κ2) is 7.90. The lowest BCUT2D eigenvalue weighted by Crippen LogP contribution is -2.49. The van der Waals surface area contributed by atoms with Crippen molar-refractivity contribution in [3.8, 4) is 5.75 Å². The fourth-order valence-electron chi connectivity index (χ4n) is 3.59. The SMILES string of the molecule is COc1ccccc1NC(=O)N1CCN(Cc2nc3ccccc3n2C)CC1. The average molecular weight is 379 g/mol. The molecule has 1 fully saturated rings. The average Bonchev–Trinajstić information content (AvgIpc) is 3.04. The minimum atomic E-state index is -0.0909. The molecule has 0 radical (unpaired) electrons. The van der Waals surface area contributed by atoms with Gasteiger partial charge in [-0.3, -0.25) is 4.90 Å². The summed E-state index contributed by atoms with van der Waals surface area (Å²) in [6.07, 6.45) is 0. The van der Waals surface area contributed by atoms with Crippen LogP contribution in [0.5, 0.6) is 5.75 Å². The molecular weight excluding hydrogens is 354 g/mol. The van der Waals surface area contributed by atoms with Crippen molar-refractivity contribution >= 4 is 22.8 Å². The predicted molar refractivity (Wildman–Crippen MR) is 110 cm³/mol. The molecule has 1 aliphatic heterocycles. The molecule has 1 N–H and O–H groups in total. The summed E-state index contributed by atoms with van der Waals surface area (Å²) in [5, 5.41) is 2.95. The molecule has 2 aromatic carbocycles. The fraction of sp³-hybridized carbons (Fsp3) is 0.333. The molecule has 3 aromatic rings. The number of benzene rings is 2. The van der Waals surface area contributed by atoms with E-state index in [4.69, 9.17) is 9.72 Å². The number of rotatable bonds is 4. The third-order valence-corrected chi connectivity index (χ3v) is 5.25. The first-order valence-corrected chi connectivity index (χ1v) is 9.47. The minimum absolute atomic E-state index is 0.0909. The number of urea groups is 1. The largest absolute Gasteiger partial charge is 0.495 e. The zero-order chi connectivity index (χ0) is 19.5. The van der Waals surface area contributed by atoms with Gasteiger partial charge in [-0.25, -0.2) is 9.78 Å². The van der Waals surface area contributed by atoms with Crippen LogP contribution in [0.2, 0.25) is 0 Å². The highest BCUT2D eigenvalue weighted by atomic mass is 16.5. The molecule has 0 aliphatic carbocycles. The van der Waals surface area contributed by atoms with E-state index in [9.17, 15) is 4.79 Å². The van der Waals surface area contributed by atoms with Gasteiger partial charge in [0.1, 0.15) is 11.6 Å². The van der Waals surface area contributed by atoms with Gasteiger partial charge in [-0.15, -0.1) is 0 Å². The van der Waals surface area contributed by atoms with Crippen molar-refractivity contribution < 1.29 is 9.53 Å². The number of amides is 2. The molecule has 0 saturated carbocycles. The molecule has 0 bridgehead atoms. The zero-order valence-corrected chi connectivity index (χ0v) is 16.3. The van der Waals surface area contributed by atoms with Crippen LogP contribution >= 0.6 is 0 Å². The van der Waals surface area contributed by atoms with Gasteiger partial charge in [0.2, 0.25) is 0 Å². The Morgan fingerprint density at radius 3 is 2.54 bits per heavy atom. The third-order valence-electron chi connectivity index (χ3n) is 5.25. The molecule has 2 amide bonds. The maximum atomic E-state index is 12.6. The molecule has 2 heterocycles. The van der Waals surface area contributed by atoms with E-state index in [0.717, 1.165) is 36.5 Å². The van der Waals surface area contributed by atoms with Crippen molar-refractivity contribution in [2.75, 3.05) is 38.6 Å². The number of fused-ring (bicyclic) bond motifs is 1. The second-order valence-electron chi connectivity index (χ2n) is 6.97. The quantitative estimate of drug-likeness (QED) is 0.757. The Morgan fingerprint density at radius 1 is 1.07 bits per heavy atom. The van der Waals surface area contributed by atoms with Crippen LogP contribution in [0, 0.1) is 0 Å². The van der Waals surface area contributed by atoms with Gasteiger partial charge in [0, 0.05) is 33.2 Å². The van der Waals surface area contributed by atoms with E-state index in [1.807, 2.05) is 47.4 Å². The second-order valence-corrected chi connectivity index (χ2v) is 6.97. The number of nitrogens with zero attached hydrogens (tertiary/aromatic N) is 4. The first kappa shape index (κ1) is 18.3. The lowest BCUT2D eigenvalue weighted by atomic mass is 10.3. The van der Waals surface area contributed by atoms with Crippen molar-refractivity contribution in [2.45, 2.75) is 6.54 Å². The van der Waals surface area contributed by atoms with Crippen molar-refractivity contribution in [1.29, 1.82) is 0 Å². The number of nitrogens with one attached hydrogen (secondary N) is 1. The van der Waals surface area contributed by atoms with Gasteiger partial charge in [-0.1, -0.05) is 24.3 Å². The van der Waals surface area contributed by atoms with Gasteiger partial charge >= 0.3 is 6.03 Å². The number of aryl methyl sites for hydroxylation is 1. The van der Waals surface area contributed by atoms with Gasteiger partial charge in [0.25, 0.3) is 0 Å². The number of imidazole rings is 1. The van der Waals surface area contributed by atoms with Gasteiger partial charge in [-0.05, 0) is 24.3 Å². The number of anilines is 1. The minimum Gasteiger partial charge on any atom is -0.495 e. The highest BCUT2D eigenvalue weighted by Gasteiger charge is 2.23. The molecule has 146 valence electrons. The van der Waals surface area contributed by atoms with Crippen LogP contribution in [0.25, 0.3) is 11.0 Å². The number of hydrogen-bond acceptors (Lipinski definition) is 4. The topological polar surface area (TPSA) is 62.6 Å². The van der Waals surface area contributed by atoms with Gasteiger partial charge in [0.05, 0.1) is 30.4 Å². The smallest absolute Gasteiger partial charge is 0.322 e. The number of ether oxygens (including phenoxy) is 1. The van der Waals surface area contributed by atoms with Crippen LogP contribution < -0.4 is 10.1 Å². The summed E-state index contributed by atoms with van der Waals surface area (Å²) in [4.78, 5) is 21.5. The van der Waals surface area contributed by atoms with Gasteiger partial charge in [-0.2, -0.15) is 0 Å². The molecule has 4 rings (SSSR count). The number of methoxy groups -OCH3 is 1. The fourth-order valence-corrected chi connectivity index (χ4v) is 3.59. The molecular formula is C21H25N5O2. The van der Waals surface area contributed by atoms with E-state index in [2.05, 4.69) is 27.9 Å². The Kier molecular flexibility index (Phi) is 5.16. The van der Waals surface area contributed by atoms with Crippen LogP contribution in [0.15, 0.2) is 48.5 Å². The first-order valence-electron chi connectivity index (χ1n) is 9.47. The zero-order valence-electron chi connectivity index (χ0n) is 16.3. The highest BCUT2D eigenvalue weighted by Crippen LogP contribution is 2.23. The van der Waals surface area contributed by atoms with Crippen molar-refractivity contribution in [1.82, 2.24) is 19.4 Å². The van der Waals surface area contributed by atoms with Crippen molar-refractivity contribution in [3.63, 3.8) is 0 Å². The van der Waals surface area contributed by atoms with Crippen LogP contribution in [-0.2, 0) is 13.6 Å². The number of hydrogen-bond donors (Lipinski definition) is 1. The first-order chi connectivity index (χ1) is 13.7. The third kappa shape index (κ3) is 3.66. The summed E-state index contributed by atoms with van der Waals surface area (Å²) in [6.45, 7) is 3.80. The van der Waals surface area contributed by atoms with E-state index < -0.39 is 0 Å². The summed E-state index contributed by atoms with van der Waals surface area (Å²) in [7, 11) is 3.66.